The van der Waals surface area contributed by atoms with Gasteiger partial charge in [0.15, 0.2) is 0 Å². The number of hydrogen-bond acceptors (Lipinski definition) is 3. The Morgan fingerprint density at radius 3 is 2.81 bits per heavy atom. The van der Waals surface area contributed by atoms with Gasteiger partial charge in [-0.3, -0.25) is 0 Å². The lowest BCUT2D eigenvalue weighted by atomic mass is 10.2. The first-order chi connectivity index (χ1) is 9.90. The fourth-order valence-electron chi connectivity index (χ4n) is 2.38. The summed E-state index contributed by atoms with van der Waals surface area (Å²) in [6, 6.07) is 3.55. The van der Waals surface area contributed by atoms with E-state index in [1.165, 1.54) is 16.4 Å². The first-order valence-corrected chi connectivity index (χ1v) is 8.85. The van der Waals surface area contributed by atoms with E-state index in [4.69, 9.17) is 16.3 Å². The van der Waals surface area contributed by atoms with Crippen LogP contribution >= 0.6 is 11.6 Å². The van der Waals surface area contributed by atoms with Crippen LogP contribution in [0, 0.1) is 5.82 Å². The van der Waals surface area contributed by atoms with Gasteiger partial charge in [0.05, 0.1) is 23.5 Å². The number of ether oxygens (including phenoxy) is 1. The molecule has 2 rings (SSSR count). The SMILES string of the molecule is CCC1COC(C)CN1S(=O)(=O)c1ccc(F)c(CCl)c1. The number of sulfonamides is 1. The van der Waals surface area contributed by atoms with Crippen LogP contribution in [0.1, 0.15) is 25.8 Å². The number of alkyl halides is 1. The molecular weight excluding hydrogens is 317 g/mol. The fourth-order valence-corrected chi connectivity index (χ4v) is 4.39. The minimum absolute atomic E-state index is 0.0636. The molecule has 2 unspecified atom stereocenters. The predicted octanol–water partition coefficient (Wildman–Crippen LogP) is 2.75. The predicted molar refractivity (Wildman–Crippen MR) is 79.3 cm³/mol. The fraction of sp³-hybridized carbons (Fsp3) is 0.571. The van der Waals surface area contributed by atoms with Gasteiger partial charge in [0.1, 0.15) is 5.82 Å². The highest BCUT2D eigenvalue weighted by Crippen LogP contribution is 2.25. The van der Waals surface area contributed by atoms with Gasteiger partial charge in [-0.25, -0.2) is 12.8 Å². The highest BCUT2D eigenvalue weighted by atomic mass is 35.5. The molecule has 0 spiro atoms. The zero-order valence-electron chi connectivity index (χ0n) is 12.1. The third kappa shape index (κ3) is 3.39. The van der Waals surface area contributed by atoms with Crippen molar-refractivity contribution in [2.24, 2.45) is 0 Å². The highest BCUT2D eigenvalue weighted by Gasteiger charge is 2.35. The second-order valence-corrected chi connectivity index (χ2v) is 7.33. The van der Waals surface area contributed by atoms with Gasteiger partial charge in [0, 0.05) is 18.2 Å². The first-order valence-electron chi connectivity index (χ1n) is 6.88. The Morgan fingerprint density at radius 2 is 2.19 bits per heavy atom. The summed E-state index contributed by atoms with van der Waals surface area (Å²) in [4.78, 5) is 0.0760. The summed E-state index contributed by atoms with van der Waals surface area (Å²) in [6.07, 6.45) is 0.505. The van der Waals surface area contributed by atoms with Crippen LogP contribution in [-0.2, 0) is 20.6 Å². The molecule has 1 heterocycles. The quantitative estimate of drug-likeness (QED) is 0.795. The van der Waals surface area contributed by atoms with Crippen LogP contribution in [-0.4, -0.2) is 38.0 Å². The Kier molecular flexibility index (Phi) is 5.24. The highest BCUT2D eigenvalue weighted by molar-refractivity contribution is 7.89. The van der Waals surface area contributed by atoms with Crippen molar-refractivity contribution in [3.63, 3.8) is 0 Å². The van der Waals surface area contributed by atoms with Crippen LogP contribution in [0.2, 0.25) is 0 Å². The molecule has 1 aliphatic heterocycles. The molecule has 0 amide bonds. The summed E-state index contributed by atoms with van der Waals surface area (Å²) in [6.45, 7) is 4.43. The van der Waals surface area contributed by atoms with Gasteiger partial charge in [-0.1, -0.05) is 6.92 Å². The van der Waals surface area contributed by atoms with Crippen LogP contribution in [0.25, 0.3) is 0 Å². The lowest BCUT2D eigenvalue weighted by Gasteiger charge is -2.37. The van der Waals surface area contributed by atoms with Crippen LogP contribution < -0.4 is 0 Å². The summed E-state index contributed by atoms with van der Waals surface area (Å²) in [5.41, 5.74) is 0.187. The number of morpholine rings is 1. The molecule has 0 aromatic heterocycles. The zero-order chi connectivity index (χ0) is 15.6. The number of halogens is 2. The molecule has 1 fully saturated rings. The first kappa shape index (κ1) is 16.7. The van der Waals surface area contributed by atoms with E-state index >= 15 is 0 Å². The van der Waals surface area contributed by atoms with E-state index in [0.29, 0.717) is 19.6 Å². The monoisotopic (exact) mass is 335 g/mol. The molecule has 21 heavy (non-hydrogen) atoms. The van der Waals surface area contributed by atoms with E-state index in [1.54, 1.807) is 0 Å². The minimum Gasteiger partial charge on any atom is -0.375 e. The number of rotatable bonds is 4. The largest absolute Gasteiger partial charge is 0.375 e. The number of nitrogens with zero attached hydrogens (tertiary/aromatic N) is 1. The van der Waals surface area contributed by atoms with E-state index < -0.39 is 15.8 Å². The van der Waals surface area contributed by atoms with E-state index in [0.717, 1.165) is 6.07 Å². The summed E-state index contributed by atoms with van der Waals surface area (Å²) >= 11 is 5.65. The lowest BCUT2D eigenvalue weighted by Crippen LogP contribution is -2.51. The Bertz CT molecular complexity index is 608. The van der Waals surface area contributed by atoms with Crippen molar-refractivity contribution in [3.05, 3.63) is 29.6 Å². The number of hydrogen-bond donors (Lipinski definition) is 0. The smallest absolute Gasteiger partial charge is 0.243 e. The maximum Gasteiger partial charge on any atom is 0.243 e. The molecule has 7 heteroatoms. The van der Waals surface area contributed by atoms with Gasteiger partial charge in [-0.05, 0) is 31.5 Å². The van der Waals surface area contributed by atoms with Crippen molar-refractivity contribution >= 4 is 21.6 Å². The van der Waals surface area contributed by atoms with Gasteiger partial charge in [0.2, 0.25) is 10.0 Å². The maximum atomic E-state index is 13.5. The molecule has 4 nitrogen and oxygen atoms in total. The average molecular weight is 336 g/mol. The van der Waals surface area contributed by atoms with Crippen molar-refractivity contribution < 1.29 is 17.5 Å². The average Bonchev–Trinajstić information content (AvgIpc) is 2.47. The minimum atomic E-state index is -3.68. The molecule has 0 saturated carbocycles. The van der Waals surface area contributed by atoms with Crippen LogP contribution in [0.3, 0.4) is 0 Å². The normalized spacial score (nSPS) is 24.2. The molecule has 1 aromatic carbocycles. The van der Waals surface area contributed by atoms with Crippen LogP contribution in [0.5, 0.6) is 0 Å². The maximum absolute atomic E-state index is 13.5. The Labute approximate surface area is 129 Å². The van der Waals surface area contributed by atoms with E-state index in [2.05, 4.69) is 0 Å². The van der Waals surface area contributed by atoms with Gasteiger partial charge in [-0.15, -0.1) is 11.6 Å². The van der Waals surface area contributed by atoms with Gasteiger partial charge >= 0.3 is 0 Å². The van der Waals surface area contributed by atoms with Crippen molar-refractivity contribution in [2.75, 3.05) is 13.2 Å². The van der Waals surface area contributed by atoms with Gasteiger partial charge in [0.25, 0.3) is 0 Å². The van der Waals surface area contributed by atoms with Gasteiger partial charge in [-0.2, -0.15) is 4.31 Å². The molecule has 118 valence electrons. The molecule has 0 aliphatic carbocycles. The summed E-state index contributed by atoms with van der Waals surface area (Å²) in [5, 5.41) is 0. The molecule has 0 radical (unpaired) electrons. The molecule has 1 aromatic rings. The second-order valence-electron chi connectivity index (χ2n) is 5.17. The second kappa shape index (κ2) is 6.60. The number of benzene rings is 1. The third-order valence-corrected chi connectivity index (χ3v) is 5.86. The molecule has 0 N–H and O–H groups in total. The molecular formula is C14H19ClFNO3S. The van der Waals surface area contributed by atoms with E-state index in [1.807, 2.05) is 13.8 Å². The van der Waals surface area contributed by atoms with Crippen LogP contribution in [0.4, 0.5) is 4.39 Å². The zero-order valence-corrected chi connectivity index (χ0v) is 13.6. The van der Waals surface area contributed by atoms with E-state index in [-0.39, 0.29) is 28.5 Å². The molecule has 1 saturated heterocycles. The van der Waals surface area contributed by atoms with Crippen molar-refractivity contribution in [2.45, 2.75) is 43.2 Å². The van der Waals surface area contributed by atoms with Crippen LogP contribution in [0.15, 0.2) is 23.1 Å². The van der Waals surface area contributed by atoms with Crippen molar-refractivity contribution in [1.29, 1.82) is 0 Å². The topological polar surface area (TPSA) is 46.6 Å². The lowest BCUT2D eigenvalue weighted by molar-refractivity contribution is -0.0230. The molecule has 1 aliphatic rings. The Hall–Kier alpha value is -0.690. The standard InChI is InChI=1S/C14H19ClFNO3S/c1-3-12-9-20-10(2)8-17(12)21(18,19)13-4-5-14(16)11(6-13)7-15/h4-6,10,12H,3,7-9H2,1-2H3. The Morgan fingerprint density at radius 1 is 1.48 bits per heavy atom. The van der Waals surface area contributed by atoms with E-state index in [9.17, 15) is 12.8 Å². The molecule has 0 bridgehead atoms. The summed E-state index contributed by atoms with van der Waals surface area (Å²) < 4.78 is 46.0. The van der Waals surface area contributed by atoms with Crippen molar-refractivity contribution in [3.8, 4) is 0 Å². The Balaban J connectivity index is 2.40. The summed E-state index contributed by atoms with van der Waals surface area (Å²) in [5.74, 6) is -0.558. The third-order valence-electron chi connectivity index (χ3n) is 3.66. The summed E-state index contributed by atoms with van der Waals surface area (Å²) in [7, 11) is -3.68. The van der Waals surface area contributed by atoms with Gasteiger partial charge < -0.3 is 4.74 Å². The molecule has 2 atom stereocenters. The van der Waals surface area contributed by atoms with Crippen molar-refractivity contribution in [1.82, 2.24) is 4.31 Å².